The van der Waals surface area contributed by atoms with Gasteiger partial charge in [0.1, 0.15) is 0 Å². The van der Waals surface area contributed by atoms with Gasteiger partial charge in [-0.3, -0.25) is 0 Å². The molecule has 2 amide bonds. The van der Waals surface area contributed by atoms with Crippen molar-refractivity contribution in [2.45, 2.75) is 29.2 Å². The molecule has 0 spiro atoms. The van der Waals surface area contributed by atoms with E-state index >= 15 is 0 Å². The number of anilines is 1. The van der Waals surface area contributed by atoms with Gasteiger partial charge in [-0.2, -0.15) is 32.1 Å². The summed E-state index contributed by atoms with van der Waals surface area (Å²) >= 11 is 2.67. The van der Waals surface area contributed by atoms with Crippen LogP contribution < -0.4 is 5.32 Å². The Hall–Kier alpha value is -2.35. The first-order valence-corrected chi connectivity index (χ1v) is 11.4. The highest BCUT2D eigenvalue weighted by atomic mass is 79.9. The quantitative estimate of drug-likeness (QED) is 0.571. The van der Waals surface area contributed by atoms with E-state index in [0.29, 0.717) is 23.9 Å². The maximum Gasteiger partial charge on any atom is 0.416 e. The van der Waals surface area contributed by atoms with Gasteiger partial charge in [-0.25, -0.2) is 13.2 Å². The van der Waals surface area contributed by atoms with Crippen LogP contribution in [0.5, 0.6) is 0 Å². The Morgan fingerprint density at radius 2 is 1.75 bits per heavy atom. The number of sulfone groups is 1. The topological polar surface area (TPSA) is 92.3 Å². The first-order valence-electron chi connectivity index (χ1n) is 9.16. The number of alkyl halides is 5. The van der Waals surface area contributed by atoms with E-state index in [4.69, 9.17) is 0 Å². The van der Waals surface area contributed by atoms with Gasteiger partial charge in [0.05, 0.1) is 28.5 Å². The lowest BCUT2D eigenvalue weighted by atomic mass is 9.97. The van der Waals surface area contributed by atoms with Crippen LogP contribution in [0, 0.1) is 5.92 Å². The molecule has 7 nitrogen and oxygen atoms in total. The smallest absolute Gasteiger partial charge is 0.325 e. The highest BCUT2D eigenvalue weighted by Gasteiger charge is 2.54. The van der Waals surface area contributed by atoms with Gasteiger partial charge < -0.3 is 10.2 Å². The number of rotatable bonds is 4. The zero-order valence-electron chi connectivity index (χ0n) is 16.1. The maximum atomic E-state index is 15.0. The highest BCUT2D eigenvalue weighted by molar-refractivity contribution is 9.10. The van der Waals surface area contributed by atoms with Crippen LogP contribution in [-0.4, -0.2) is 47.9 Å². The second-order valence-electron chi connectivity index (χ2n) is 7.03. The molecule has 32 heavy (non-hydrogen) atoms. The summed E-state index contributed by atoms with van der Waals surface area (Å²) < 4.78 is 93.0. The van der Waals surface area contributed by atoms with Crippen molar-refractivity contribution in [2.75, 3.05) is 18.4 Å². The molecule has 0 atom stereocenters. The van der Waals surface area contributed by atoms with E-state index in [2.05, 4.69) is 31.4 Å². The molecule has 0 unspecified atom stereocenters. The SMILES string of the molecule is O=C(Nc1ccnnc1)N1CCC(C(F)(F)S(=O)(=O)c2ccc(C(F)(F)F)cc2Br)CC1. The Bertz CT molecular complexity index is 1090. The number of hydrogen-bond donors (Lipinski definition) is 1. The van der Waals surface area contributed by atoms with Gasteiger partial charge >= 0.3 is 17.5 Å². The van der Waals surface area contributed by atoms with E-state index in [1.165, 1.54) is 23.4 Å². The number of carbonyl (C=O) groups excluding carboxylic acids is 1. The molecule has 0 aliphatic carbocycles. The minimum atomic E-state index is -5.30. The zero-order valence-corrected chi connectivity index (χ0v) is 18.5. The molecule has 1 aliphatic heterocycles. The van der Waals surface area contributed by atoms with E-state index in [1.54, 1.807) is 0 Å². The van der Waals surface area contributed by atoms with Crippen molar-refractivity contribution < 1.29 is 35.2 Å². The van der Waals surface area contributed by atoms with Crippen molar-refractivity contribution in [1.29, 1.82) is 0 Å². The third-order valence-electron chi connectivity index (χ3n) is 5.00. The number of hydrogen-bond acceptors (Lipinski definition) is 5. The fraction of sp³-hybridized carbons (Fsp3) is 0.389. The molecule has 0 radical (unpaired) electrons. The van der Waals surface area contributed by atoms with Crippen LogP contribution >= 0.6 is 15.9 Å². The Balaban J connectivity index is 1.72. The van der Waals surface area contributed by atoms with Crippen molar-refractivity contribution in [1.82, 2.24) is 15.1 Å². The van der Waals surface area contributed by atoms with Crippen LogP contribution in [0.2, 0.25) is 0 Å². The normalized spacial score (nSPS) is 16.1. The summed E-state index contributed by atoms with van der Waals surface area (Å²) in [4.78, 5) is 12.6. The molecule has 1 aromatic carbocycles. The number of urea groups is 1. The molecule has 2 aromatic rings. The predicted molar refractivity (Wildman–Crippen MR) is 107 cm³/mol. The van der Waals surface area contributed by atoms with E-state index in [1.807, 2.05) is 0 Å². The molecule has 0 bridgehead atoms. The third kappa shape index (κ3) is 4.85. The molecule has 1 saturated heterocycles. The van der Waals surface area contributed by atoms with Gasteiger partial charge in [-0.1, -0.05) is 0 Å². The average molecular weight is 543 g/mol. The van der Waals surface area contributed by atoms with Crippen LogP contribution in [0.15, 0.2) is 46.0 Å². The van der Waals surface area contributed by atoms with Crippen molar-refractivity contribution >= 4 is 37.5 Å². The predicted octanol–water partition coefficient (Wildman–Crippen LogP) is 4.57. The van der Waals surface area contributed by atoms with E-state index < -0.39 is 48.1 Å². The monoisotopic (exact) mass is 542 g/mol. The molecule has 1 aliphatic rings. The zero-order chi connectivity index (χ0) is 23.7. The maximum absolute atomic E-state index is 15.0. The molecule has 2 heterocycles. The number of aromatic nitrogens is 2. The molecular weight excluding hydrogens is 527 g/mol. The van der Waals surface area contributed by atoms with Gasteiger partial charge in [0.15, 0.2) is 0 Å². The highest BCUT2D eigenvalue weighted by Crippen LogP contribution is 2.43. The summed E-state index contributed by atoms with van der Waals surface area (Å²) in [6.07, 6.45) is -2.73. The second kappa shape index (κ2) is 8.89. The lowest BCUT2D eigenvalue weighted by Gasteiger charge is -2.35. The Kier molecular flexibility index (Phi) is 6.75. The molecule has 1 aromatic heterocycles. The molecular formula is C18H16BrF5N4O3S. The van der Waals surface area contributed by atoms with Gasteiger partial charge in [0.2, 0.25) is 9.84 Å². The van der Waals surface area contributed by atoms with Crippen LogP contribution in [0.3, 0.4) is 0 Å². The van der Waals surface area contributed by atoms with Crippen molar-refractivity contribution in [3.8, 4) is 0 Å². The van der Waals surface area contributed by atoms with Gasteiger partial charge in [0, 0.05) is 23.5 Å². The molecule has 1 N–H and O–H groups in total. The van der Waals surface area contributed by atoms with Gasteiger partial charge in [0.25, 0.3) is 0 Å². The molecule has 174 valence electrons. The minimum absolute atomic E-state index is 0.131. The summed E-state index contributed by atoms with van der Waals surface area (Å²) in [6, 6.07) is 2.33. The number of likely N-dealkylation sites (tertiary alicyclic amines) is 1. The summed E-state index contributed by atoms with van der Waals surface area (Å²) in [5, 5.41) is 5.44. The van der Waals surface area contributed by atoms with Gasteiger partial charge in [-0.15, -0.1) is 0 Å². The van der Waals surface area contributed by atoms with Crippen molar-refractivity contribution in [3.63, 3.8) is 0 Å². The molecule has 1 fully saturated rings. The van der Waals surface area contributed by atoms with E-state index in [9.17, 15) is 35.2 Å². The summed E-state index contributed by atoms with van der Waals surface area (Å²) in [5.74, 6) is -1.62. The Morgan fingerprint density at radius 3 is 2.28 bits per heavy atom. The number of amides is 2. The Morgan fingerprint density at radius 1 is 1.09 bits per heavy atom. The van der Waals surface area contributed by atoms with Crippen molar-refractivity contribution in [2.24, 2.45) is 5.92 Å². The van der Waals surface area contributed by atoms with Crippen molar-refractivity contribution in [3.05, 3.63) is 46.7 Å². The molecule has 3 rings (SSSR count). The standard InChI is InChI=1S/C18H16BrF5N4O3S/c19-14-9-12(17(20,21)22)1-2-15(14)32(30,31)18(23,24)11-4-7-28(8-5-11)16(29)27-13-3-6-25-26-10-13/h1-3,6,9-11H,4-5,7-8H2,(H,25,27,29). The van der Waals surface area contributed by atoms with Crippen LogP contribution in [0.4, 0.5) is 32.4 Å². The summed E-state index contributed by atoms with van der Waals surface area (Å²) in [6.45, 7) is -0.261. The second-order valence-corrected chi connectivity index (χ2v) is 9.88. The number of carbonyl (C=O) groups is 1. The number of piperidine rings is 1. The average Bonchev–Trinajstić information content (AvgIpc) is 2.73. The third-order valence-corrected chi connectivity index (χ3v) is 7.90. The van der Waals surface area contributed by atoms with E-state index in [0.717, 1.165) is 0 Å². The summed E-state index contributed by atoms with van der Waals surface area (Å²) in [7, 11) is -5.30. The molecule has 14 heteroatoms. The van der Waals surface area contributed by atoms with E-state index in [-0.39, 0.29) is 25.9 Å². The number of benzene rings is 1. The minimum Gasteiger partial charge on any atom is -0.325 e. The molecule has 0 saturated carbocycles. The lowest BCUT2D eigenvalue weighted by molar-refractivity contribution is -0.137. The lowest BCUT2D eigenvalue weighted by Crippen LogP contribution is -2.47. The Labute approximate surface area is 188 Å². The number of halogens is 6. The first kappa shape index (κ1) is 24.3. The van der Waals surface area contributed by atoms with Crippen LogP contribution in [-0.2, 0) is 16.0 Å². The van der Waals surface area contributed by atoms with Crippen LogP contribution in [0.1, 0.15) is 18.4 Å². The number of nitrogens with zero attached hydrogens (tertiary/aromatic N) is 3. The summed E-state index contributed by atoms with van der Waals surface area (Å²) in [5.41, 5.74) is -0.817. The fourth-order valence-corrected chi connectivity index (χ4v) is 5.80. The fourth-order valence-electron chi connectivity index (χ4n) is 3.25. The van der Waals surface area contributed by atoms with Gasteiger partial charge in [-0.05, 0) is 53.0 Å². The first-order chi connectivity index (χ1) is 14.8. The van der Waals surface area contributed by atoms with Crippen LogP contribution in [0.25, 0.3) is 0 Å². The largest absolute Gasteiger partial charge is 0.416 e. The number of nitrogens with one attached hydrogen (secondary N) is 1.